The Morgan fingerprint density at radius 3 is 2.86 bits per heavy atom. The zero-order chi connectivity index (χ0) is 15.5. The lowest BCUT2D eigenvalue weighted by Crippen LogP contribution is -2.32. The zero-order valence-electron chi connectivity index (χ0n) is 13.1. The Balaban J connectivity index is 0.00000441. The third-order valence-corrected chi connectivity index (χ3v) is 2.82. The molecule has 0 heterocycles. The van der Waals surface area contributed by atoms with Crippen molar-refractivity contribution in [3.63, 3.8) is 0 Å². The number of aliphatic imine (C=N–C) groups is 1. The van der Waals surface area contributed by atoms with Crippen LogP contribution in [-0.4, -0.2) is 38.7 Å². The number of hydrogen-bond acceptors (Lipinski definition) is 3. The fourth-order valence-electron chi connectivity index (χ4n) is 1.72. The van der Waals surface area contributed by atoms with Gasteiger partial charge in [-0.3, -0.25) is 4.79 Å². The second kappa shape index (κ2) is 12.2. The largest absolute Gasteiger partial charge is 0.382 e. The summed E-state index contributed by atoms with van der Waals surface area (Å²) in [5.41, 5.74) is 7.34. The SMILES string of the molecule is CCOCCCNC(N)=NCc1cccc(C(=O)NC)c1.I. The highest BCUT2D eigenvalue weighted by Crippen LogP contribution is 2.06. The molecule has 124 valence electrons. The molecule has 0 spiro atoms. The van der Waals surface area contributed by atoms with Gasteiger partial charge >= 0.3 is 0 Å². The van der Waals surface area contributed by atoms with E-state index in [0.29, 0.717) is 24.7 Å². The van der Waals surface area contributed by atoms with Gasteiger partial charge in [0.1, 0.15) is 0 Å². The summed E-state index contributed by atoms with van der Waals surface area (Å²) in [5.74, 6) is 0.291. The van der Waals surface area contributed by atoms with E-state index in [2.05, 4.69) is 15.6 Å². The average molecular weight is 420 g/mol. The molecule has 0 atom stereocenters. The zero-order valence-corrected chi connectivity index (χ0v) is 15.4. The van der Waals surface area contributed by atoms with Crippen molar-refractivity contribution in [2.45, 2.75) is 19.9 Å². The molecule has 1 aromatic rings. The number of nitrogens with two attached hydrogens (primary N) is 1. The van der Waals surface area contributed by atoms with Gasteiger partial charge in [0.25, 0.3) is 5.91 Å². The van der Waals surface area contributed by atoms with Crippen molar-refractivity contribution < 1.29 is 9.53 Å². The molecule has 7 heteroatoms. The van der Waals surface area contributed by atoms with Crippen LogP contribution in [0.4, 0.5) is 0 Å². The van der Waals surface area contributed by atoms with Gasteiger partial charge < -0.3 is 21.1 Å². The first kappa shape index (κ1) is 20.6. The molecule has 4 N–H and O–H groups in total. The first-order chi connectivity index (χ1) is 10.2. The molecule has 0 fully saturated rings. The van der Waals surface area contributed by atoms with E-state index in [9.17, 15) is 4.79 Å². The monoisotopic (exact) mass is 420 g/mol. The Morgan fingerprint density at radius 2 is 2.18 bits per heavy atom. The Morgan fingerprint density at radius 1 is 1.41 bits per heavy atom. The van der Waals surface area contributed by atoms with Gasteiger partial charge in [0.2, 0.25) is 0 Å². The van der Waals surface area contributed by atoms with Crippen molar-refractivity contribution in [1.29, 1.82) is 0 Å². The number of carbonyl (C=O) groups excluding carboxylic acids is 1. The fraction of sp³-hybridized carbons (Fsp3) is 0.467. The Hall–Kier alpha value is -1.35. The summed E-state index contributed by atoms with van der Waals surface area (Å²) in [5, 5.41) is 5.62. The van der Waals surface area contributed by atoms with Crippen molar-refractivity contribution in [1.82, 2.24) is 10.6 Å². The molecular formula is C15H25IN4O2. The molecule has 0 unspecified atom stereocenters. The van der Waals surface area contributed by atoms with Crippen LogP contribution in [0.15, 0.2) is 29.3 Å². The van der Waals surface area contributed by atoms with E-state index in [1.807, 2.05) is 25.1 Å². The number of hydrogen-bond donors (Lipinski definition) is 3. The lowest BCUT2D eigenvalue weighted by molar-refractivity contribution is 0.0963. The predicted molar refractivity (Wildman–Crippen MR) is 99.7 cm³/mol. The van der Waals surface area contributed by atoms with E-state index in [-0.39, 0.29) is 29.9 Å². The number of guanidine groups is 1. The smallest absolute Gasteiger partial charge is 0.251 e. The maximum absolute atomic E-state index is 11.5. The van der Waals surface area contributed by atoms with Gasteiger partial charge in [-0.25, -0.2) is 4.99 Å². The number of halogens is 1. The van der Waals surface area contributed by atoms with Gasteiger partial charge in [-0.15, -0.1) is 24.0 Å². The van der Waals surface area contributed by atoms with Gasteiger partial charge in [0, 0.05) is 32.4 Å². The highest BCUT2D eigenvalue weighted by molar-refractivity contribution is 14.0. The summed E-state index contributed by atoms with van der Waals surface area (Å²) < 4.78 is 5.23. The van der Waals surface area contributed by atoms with E-state index < -0.39 is 0 Å². The van der Waals surface area contributed by atoms with Crippen molar-refractivity contribution >= 4 is 35.8 Å². The van der Waals surface area contributed by atoms with E-state index in [4.69, 9.17) is 10.5 Å². The van der Waals surface area contributed by atoms with Gasteiger partial charge in [-0.2, -0.15) is 0 Å². The molecule has 1 amide bonds. The minimum absolute atomic E-state index is 0. The van der Waals surface area contributed by atoms with Crippen LogP contribution in [0.2, 0.25) is 0 Å². The summed E-state index contributed by atoms with van der Waals surface area (Å²) in [6.07, 6.45) is 0.885. The molecule has 0 aromatic heterocycles. The fourth-order valence-corrected chi connectivity index (χ4v) is 1.72. The third kappa shape index (κ3) is 8.18. The highest BCUT2D eigenvalue weighted by Gasteiger charge is 2.03. The predicted octanol–water partition coefficient (Wildman–Crippen LogP) is 1.50. The summed E-state index contributed by atoms with van der Waals surface area (Å²) >= 11 is 0. The van der Waals surface area contributed by atoms with Gasteiger partial charge in [-0.1, -0.05) is 12.1 Å². The highest BCUT2D eigenvalue weighted by atomic mass is 127. The summed E-state index contributed by atoms with van der Waals surface area (Å²) in [6.45, 7) is 4.58. The molecular weight excluding hydrogens is 395 g/mol. The van der Waals surface area contributed by atoms with Crippen LogP contribution in [0, 0.1) is 0 Å². The number of nitrogens with one attached hydrogen (secondary N) is 2. The molecule has 0 saturated heterocycles. The topological polar surface area (TPSA) is 88.7 Å². The molecule has 0 saturated carbocycles. The first-order valence-corrected chi connectivity index (χ1v) is 7.10. The molecule has 6 nitrogen and oxygen atoms in total. The van der Waals surface area contributed by atoms with Crippen LogP contribution in [0.25, 0.3) is 0 Å². The number of nitrogens with zero attached hydrogens (tertiary/aromatic N) is 1. The minimum Gasteiger partial charge on any atom is -0.382 e. The summed E-state index contributed by atoms with van der Waals surface area (Å²) in [4.78, 5) is 15.8. The molecule has 0 aliphatic carbocycles. The molecule has 0 radical (unpaired) electrons. The Kier molecular flexibility index (Phi) is 11.5. The number of amides is 1. The Bertz CT molecular complexity index is 480. The maximum Gasteiger partial charge on any atom is 0.251 e. The van der Waals surface area contributed by atoms with Crippen LogP contribution < -0.4 is 16.4 Å². The van der Waals surface area contributed by atoms with E-state index in [0.717, 1.165) is 25.1 Å². The third-order valence-electron chi connectivity index (χ3n) is 2.82. The minimum atomic E-state index is -0.108. The summed E-state index contributed by atoms with van der Waals surface area (Å²) in [7, 11) is 1.61. The van der Waals surface area contributed by atoms with E-state index >= 15 is 0 Å². The second-order valence-corrected chi connectivity index (χ2v) is 4.46. The van der Waals surface area contributed by atoms with Crippen molar-refractivity contribution in [3.8, 4) is 0 Å². The van der Waals surface area contributed by atoms with Crippen LogP contribution in [-0.2, 0) is 11.3 Å². The standard InChI is InChI=1S/C15H24N4O2.HI/c1-3-21-9-5-8-18-15(16)19-11-12-6-4-7-13(10-12)14(20)17-2;/h4,6-7,10H,3,5,8-9,11H2,1-2H3,(H,17,20)(H3,16,18,19);1H. The van der Waals surface area contributed by atoms with Crippen molar-refractivity contribution in [3.05, 3.63) is 35.4 Å². The van der Waals surface area contributed by atoms with Crippen LogP contribution >= 0.6 is 24.0 Å². The van der Waals surface area contributed by atoms with Crippen LogP contribution in [0.5, 0.6) is 0 Å². The summed E-state index contributed by atoms with van der Waals surface area (Å²) in [6, 6.07) is 7.32. The quantitative estimate of drug-likeness (QED) is 0.257. The normalized spacial score (nSPS) is 10.7. The number of carbonyl (C=O) groups is 1. The number of ether oxygens (including phenoxy) is 1. The van der Waals surface area contributed by atoms with E-state index in [1.54, 1.807) is 13.1 Å². The van der Waals surface area contributed by atoms with Crippen LogP contribution in [0.3, 0.4) is 0 Å². The molecule has 1 aromatic carbocycles. The second-order valence-electron chi connectivity index (χ2n) is 4.46. The average Bonchev–Trinajstić information content (AvgIpc) is 2.52. The molecule has 0 bridgehead atoms. The molecule has 1 rings (SSSR count). The van der Waals surface area contributed by atoms with Gasteiger partial charge in [-0.05, 0) is 31.0 Å². The molecule has 22 heavy (non-hydrogen) atoms. The van der Waals surface area contributed by atoms with E-state index in [1.165, 1.54) is 0 Å². The number of rotatable bonds is 8. The molecule has 0 aliphatic rings. The van der Waals surface area contributed by atoms with Gasteiger partial charge in [0.15, 0.2) is 5.96 Å². The maximum atomic E-state index is 11.5. The van der Waals surface area contributed by atoms with Crippen molar-refractivity contribution in [2.75, 3.05) is 26.8 Å². The first-order valence-electron chi connectivity index (χ1n) is 7.10. The number of benzene rings is 1. The van der Waals surface area contributed by atoms with Crippen molar-refractivity contribution in [2.24, 2.45) is 10.7 Å². The van der Waals surface area contributed by atoms with Crippen LogP contribution in [0.1, 0.15) is 29.3 Å². The van der Waals surface area contributed by atoms with Gasteiger partial charge in [0.05, 0.1) is 6.54 Å². The lowest BCUT2D eigenvalue weighted by atomic mass is 10.1. The molecule has 0 aliphatic heterocycles. The Labute approximate surface area is 148 Å². The lowest BCUT2D eigenvalue weighted by Gasteiger charge is -2.06.